The minimum atomic E-state index is -5.19. The van der Waals surface area contributed by atoms with E-state index in [9.17, 15) is 57.9 Å². The zero-order chi connectivity index (χ0) is 41.9. The summed E-state index contributed by atoms with van der Waals surface area (Å²) in [6.07, 6.45) is -12.1. The van der Waals surface area contributed by atoms with E-state index in [2.05, 4.69) is 16.4 Å². The van der Waals surface area contributed by atoms with Crippen molar-refractivity contribution in [1.29, 1.82) is 0 Å². The normalized spacial score (nSPS) is 23.9. The Morgan fingerprint density at radius 1 is 0.929 bits per heavy atom. The third-order valence-corrected chi connectivity index (χ3v) is 9.05. The largest absolute Gasteiger partial charge is 0.542 e. The van der Waals surface area contributed by atoms with Crippen molar-refractivity contribution in [3.8, 4) is 5.75 Å². The summed E-state index contributed by atoms with van der Waals surface area (Å²) in [6, 6.07) is 11.6. The molecule has 2 aromatic carbocycles. The van der Waals surface area contributed by atoms with Crippen molar-refractivity contribution in [2.24, 2.45) is 5.92 Å². The molecule has 0 spiro atoms. The molecule has 3 amide bonds. The fraction of sp³-hybridized carbons (Fsp3) is 0.528. The number of phenolic OH excluding ortho intramolecular Hbond substituents is 1. The number of ether oxygens (including phenoxy) is 2. The summed E-state index contributed by atoms with van der Waals surface area (Å²) in [5.74, 6) is -5.77. The van der Waals surface area contributed by atoms with Gasteiger partial charge in [-0.1, -0.05) is 56.3 Å². The second-order valence-corrected chi connectivity index (χ2v) is 13.7. The number of benzene rings is 2. The van der Waals surface area contributed by atoms with Crippen LogP contribution in [0.15, 0.2) is 54.6 Å². The number of amides is 3. The minimum absolute atomic E-state index is 0.0813. The number of aliphatic hydroxyl groups excluding tert-OH is 4. The lowest BCUT2D eigenvalue weighted by Crippen LogP contribution is -2.70. The third kappa shape index (κ3) is 12.8. The Morgan fingerprint density at radius 2 is 1.52 bits per heavy atom. The number of hydrogen-bond donors (Lipinski definition) is 8. The van der Waals surface area contributed by atoms with Gasteiger partial charge in [0.25, 0.3) is 5.91 Å². The number of nitrogens with zero attached hydrogens (tertiary/aromatic N) is 1. The van der Waals surface area contributed by atoms with Gasteiger partial charge in [0.2, 0.25) is 11.8 Å². The van der Waals surface area contributed by atoms with E-state index in [1.807, 2.05) is 6.07 Å². The molecule has 0 bridgehead atoms. The highest BCUT2D eigenvalue weighted by Gasteiger charge is 2.44. The maximum atomic E-state index is 13.7. The summed E-state index contributed by atoms with van der Waals surface area (Å²) >= 11 is 0. The first-order valence-electron chi connectivity index (χ1n) is 17.6. The van der Waals surface area contributed by atoms with Crippen LogP contribution < -0.4 is 21.5 Å². The third-order valence-electron chi connectivity index (χ3n) is 9.05. The van der Waals surface area contributed by atoms with Gasteiger partial charge in [-0.3, -0.25) is 14.4 Å². The molecular weight excluding hydrogens is 753 g/mol. The van der Waals surface area contributed by atoms with Gasteiger partial charge in [-0.25, -0.2) is 4.79 Å². The lowest BCUT2D eigenvalue weighted by Gasteiger charge is -2.38. The van der Waals surface area contributed by atoms with Crippen LogP contribution in [0.3, 0.4) is 0 Å². The van der Waals surface area contributed by atoms with Gasteiger partial charge in [-0.2, -0.15) is 13.2 Å². The number of aliphatic hydroxyl groups is 4. The summed E-state index contributed by atoms with van der Waals surface area (Å²) in [4.78, 5) is 64.3. The number of carbonyl (C=O) groups excluding carboxylic acids is 5. The highest BCUT2D eigenvalue weighted by atomic mass is 19.4. The number of rotatable bonds is 13. The van der Waals surface area contributed by atoms with Crippen LogP contribution in [0.4, 0.5) is 13.2 Å². The number of aromatic hydroxyl groups is 1. The van der Waals surface area contributed by atoms with E-state index >= 15 is 0 Å². The molecule has 0 aliphatic carbocycles. The van der Waals surface area contributed by atoms with E-state index in [0.29, 0.717) is 25.8 Å². The van der Waals surface area contributed by atoms with Crippen LogP contribution in [0.1, 0.15) is 37.8 Å². The lowest BCUT2D eigenvalue weighted by molar-refractivity contribution is -0.405. The van der Waals surface area contributed by atoms with Crippen molar-refractivity contribution in [2.75, 3.05) is 13.2 Å². The van der Waals surface area contributed by atoms with Crippen molar-refractivity contribution in [3.63, 3.8) is 0 Å². The van der Waals surface area contributed by atoms with Crippen LogP contribution in [0, 0.1) is 5.92 Å². The number of likely N-dealkylation sites (tertiary alicyclic amines) is 1. The van der Waals surface area contributed by atoms with E-state index in [1.54, 1.807) is 50.2 Å². The zero-order valence-electron chi connectivity index (χ0n) is 30.5. The Morgan fingerprint density at radius 3 is 2.09 bits per heavy atom. The van der Waals surface area contributed by atoms with E-state index in [4.69, 9.17) is 19.4 Å². The smallest absolute Gasteiger partial charge is 0.430 e. The van der Waals surface area contributed by atoms with Crippen molar-refractivity contribution in [3.05, 3.63) is 65.7 Å². The van der Waals surface area contributed by atoms with Gasteiger partial charge in [0.15, 0.2) is 12.3 Å². The molecular formula is C36H47F3N4O13. The molecule has 10 N–H and O–H groups in total. The van der Waals surface area contributed by atoms with Crippen molar-refractivity contribution >= 4 is 29.7 Å². The predicted octanol–water partition coefficient (Wildman–Crippen LogP) is -2.95. The SMILES string of the molecule is CC(C)[C@H](NC(=O)[C@H](Cc1ccccc1)NC(=O)[C@@H]1CCCN1C(=O)[C@@H]([NH3+])Cc1ccc(O)cc1)C(=O)OC[C@H]1OC(O)[C@H](O)[C@@H](O)[C@@H]1O.O=C([O-])C(F)(F)F. The molecule has 0 aromatic heterocycles. The number of carboxylic acids is 1. The molecule has 2 aliphatic rings. The monoisotopic (exact) mass is 800 g/mol. The van der Waals surface area contributed by atoms with Crippen LogP contribution in [0.5, 0.6) is 5.75 Å². The van der Waals surface area contributed by atoms with Crippen LogP contribution in [0.25, 0.3) is 0 Å². The number of carboxylic acid groups (broad SMARTS) is 1. The first-order valence-corrected chi connectivity index (χ1v) is 17.6. The number of nitrogens with one attached hydrogen (secondary N) is 2. The Hall–Kier alpha value is -4.86. The minimum Gasteiger partial charge on any atom is -0.542 e. The molecule has 2 heterocycles. The molecule has 2 aliphatic heterocycles. The average molecular weight is 801 g/mol. The Labute approximate surface area is 319 Å². The van der Waals surface area contributed by atoms with Gasteiger partial charge in [-0.15, -0.1) is 0 Å². The van der Waals surface area contributed by atoms with E-state index in [0.717, 1.165) is 11.1 Å². The first kappa shape index (κ1) is 45.5. The molecule has 1 unspecified atom stereocenters. The van der Waals surface area contributed by atoms with Crippen LogP contribution in [-0.2, 0) is 46.3 Å². The Kier molecular flexibility index (Phi) is 16.5. The van der Waals surface area contributed by atoms with Gasteiger partial charge in [0.05, 0.1) is 0 Å². The number of halogens is 3. The first-order chi connectivity index (χ1) is 26.2. The zero-order valence-corrected chi connectivity index (χ0v) is 30.5. The summed E-state index contributed by atoms with van der Waals surface area (Å²) in [5.41, 5.74) is 5.56. The van der Waals surface area contributed by atoms with E-state index in [1.165, 1.54) is 17.0 Å². The Balaban J connectivity index is 0.00000109. The predicted molar refractivity (Wildman–Crippen MR) is 183 cm³/mol. The Bertz CT molecular complexity index is 1630. The molecule has 56 heavy (non-hydrogen) atoms. The number of carbonyl (C=O) groups is 5. The molecule has 2 aromatic rings. The molecule has 20 heteroatoms. The fourth-order valence-electron chi connectivity index (χ4n) is 5.94. The van der Waals surface area contributed by atoms with E-state index < -0.39 is 97.3 Å². The van der Waals surface area contributed by atoms with Crippen molar-refractivity contribution in [2.45, 2.75) is 101 Å². The van der Waals surface area contributed by atoms with Gasteiger partial charge >= 0.3 is 12.1 Å². The summed E-state index contributed by atoms with van der Waals surface area (Å²) in [6.45, 7) is 3.10. The van der Waals surface area contributed by atoms with E-state index in [-0.39, 0.29) is 18.1 Å². The van der Waals surface area contributed by atoms with Crippen molar-refractivity contribution < 1.29 is 83.0 Å². The number of esters is 1. The van der Waals surface area contributed by atoms with Crippen molar-refractivity contribution in [1.82, 2.24) is 15.5 Å². The lowest BCUT2D eigenvalue weighted by atomic mass is 9.99. The van der Waals surface area contributed by atoms with Gasteiger partial charge in [-0.05, 0) is 42.0 Å². The number of quaternary nitrogens is 1. The highest BCUT2D eigenvalue weighted by Crippen LogP contribution is 2.22. The molecule has 17 nitrogen and oxygen atoms in total. The fourth-order valence-corrected chi connectivity index (χ4v) is 5.94. The molecule has 4 rings (SSSR count). The van der Waals surface area contributed by atoms with Gasteiger partial charge in [0, 0.05) is 19.4 Å². The van der Waals surface area contributed by atoms with Gasteiger partial charge in [0.1, 0.15) is 60.9 Å². The second-order valence-electron chi connectivity index (χ2n) is 13.7. The van der Waals surface area contributed by atoms with Crippen LogP contribution in [-0.4, -0.2) is 134 Å². The number of phenols is 1. The molecule has 9 atom stereocenters. The molecule has 0 saturated carbocycles. The summed E-state index contributed by atoms with van der Waals surface area (Å²) in [5, 5.41) is 63.4. The quantitative estimate of drug-likeness (QED) is 0.0943. The molecule has 2 fully saturated rings. The standard InChI is InChI=1S/C34H46N4O11.C2HF3O2/c1-18(2)26(33(46)48-17-25-27(40)28(41)29(42)34(47)49-25)37-30(43)23(16-19-7-4-3-5-8-19)36-31(44)24-9-6-14-38(24)32(45)22(35)15-20-10-12-21(39)13-11-20;3-2(4,5)1(6)7/h3-5,7-8,10-13,18,22-29,34,39-42,47H,6,9,14-17,35H2,1-2H3,(H,36,44)(H,37,43);(H,6,7)/t22-,23-,24-,25+,26-,27+,28-,29+,34?;/m0./s1. The number of aliphatic carboxylic acids is 1. The van der Waals surface area contributed by atoms with Crippen LogP contribution >= 0.6 is 0 Å². The summed E-state index contributed by atoms with van der Waals surface area (Å²) in [7, 11) is 0. The van der Waals surface area contributed by atoms with Gasteiger partial charge < -0.3 is 66.2 Å². The topological polar surface area (TPSA) is 283 Å². The molecule has 310 valence electrons. The second kappa shape index (κ2) is 20.3. The van der Waals surface area contributed by atoms with Crippen LogP contribution in [0.2, 0.25) is 0 Å². The maximum Gasteiger partial charge on any atom is 0.430 e. The number of alkyl halides is 3. The average Bonchev–Trinajstić information content (AvgIpc) is 3.64. The molecule has 0 radical (unpaired) electrons. The molecule has 2 saturated heterocycles. The maximum absolute atomic E-state index is 13.7. The summed E-state index contributed by atoms with van der Waals surface area (Å²) < 4.78 is 41.9. The number of hydrogen-bond acceptors (Lipinski definition) is 13. The highest BCUT2D eigenvalue weighted by molar-refractivity contribution is 5.94.